The summed E-state index contributed by atoms with van der Waals surface area (Å²) in [5.41, 5.74) is -1.49. The SMILES string of the molecule is O=C(Cl)OC(F)F. The maximum atomic E-state index is 10.8. The average Bonchev–Trinajstić information content (AvgIpc) is 1.27. The van der Waals surface area contributed by atoms with Gasteiger partial charge >= 0.3 is 12.0 Å². The van der Waals surface area contributed by atoms with E-state index in [1.807, 2.05) is 0 Å². The maximum absolute atomic E-state index is 10.8. The molecule has 0 bridgehead atoms. The first-order chi connectivity index (χ1) is 3.13. The Bertz CT molecular complexity index is 74.1. The zero-order chi connectivity index (χ0) is 5.86. The minimum absolute atomic E-state index is 1.49. The van der Waals surface area contributed by atoms with Crippen LogP contribution >= 0.6 is 11.6 Å². The van der Waals surface area contributed by atoms with E-state index in [4.69, 9.17) is 0 Å². The van der Waals surface area contributed by atoms with Crippen LogP contribution in [0.3, 0.4) is 0 Å². The van der Waals surface area contributed by atoms with Crippen molar-refractivity contribution in [2.24, 2.45) is 0 Å². The van der Waals surface area contributed by atoms with Crippen molar-refractivity contribution in [1.29, 1.82) is 0 Å². The highest BCUT2D eigenvalue weighted by Crippen LogP contribution is 1.97. The second-order valence-corrected chi connectivity index (χ2v) is 0.925. The molecule has 0 heterocycles. The number of halogens is 3. The molecule has 0 saturated carbocycles. The number of hydrogen-bond acceptors (Lipinski definition) is 2. The Kier molecular flexibility index (Phi) is 2.59. The molecule has 0 rings (SSSR count). The maximum Gasteiger partial charge on any atom is 0.408 e. The normalized spacial score (nSPS) is 9.14. The first-order valence-corrected chi connectivity index (χ1v) is 1.65. The van der Waals surface area contributed by atoms with E-state index in [2.05, 4.69) is 16.3 Å². The van der Waals surface area contributed by atoms with Gasteiger partial charge in [0.15, 0.2) is 0 Å². The van der Waals surface area contributed by atoms with E-state index in [0.717, 1.165) is 0 Å². The van der Waals surface area contributed by atoms with E-state index in [9.17, 15) is 13.6 Å². The Hall–Kier alpha value is -0.380. The fourth-order valence-electron chi connectivity index (χ4n) is 0.0700. The first-order valence-electron chi connectivity index (χ1n) is 1.27. The van der Waals surface area contributed by atoms with Crippen molar-refractivity contribution in [3.8, 4) is 0 Å². The first kappa shape index (κ1) is 6.62. The van der Waals surface area contributed by atoms with Gasteiger partial charge in [0, 0.05) is 11.6 Å². The molecule has 0 amide bonds. The van der Waals surface area contributed by atoms with Crippen molar-refractivity contribution in [3.05, 3.63) is 0 Å². The van der Waals surface area contributed by atoms with Gasteiger partial charge in [-0.15, -0.1) is 0 Å². The fraction of sp³-hybridized carbons (Fsp3) is 0.500. The Balaban J connectivity index is 3.13. The lowest BCUT2D eigenvalue weighted by atomic mass is 11.4. The van der Waals surface area contributed by atoms with Gasteiger partial charge in [0.25, 0.3) is 0 Å². The van der Waals surface area contributed by atoms with E-state index < -0.39 is 12.0 Å². The van der Waals surface area contributed by atoms with Gasteiger partial charge in [-0.05, 0) is 0 Å². The third kappa shape index (κ3) is 5.62. The zero-order valence-corrected chi connectivity index (χ0v) is 3.78. The monoisotopic (exact) mass is 130 g/mol. The average molecular weight is 130 g/mol. The Morgan fingerprint density at radius 1 is 1.71 bits per heavy atom. The molecule has 0 aliphatic carbocycles. The molecular weight excluding hydrogens is 129 g/mol. The van der Waals surface area contributed by atoms with Crippen molar-refractivity contribution >= 4 is 17.0 Å². The van der Waals surface area contributed by atoms with Crippen molar-refractivity contribution in [3.63, 3.8) is 0 Å². The van der Waals surface area contributed by atoms with E-state index in [-0.39, 0.29) is 0 Å². The molecule has 0 aromatic rings. The van der Waals surface area contributed by atoms with Gasteiger partial charge in [0.05, 0.1) is 0 Å². The van der Waals surface area contributed by atoms with Gasteiger partial charge in [-0.3, -0.25) is 0 Å². The predicted octanol–water partition coefficient (Wildman–Crippen LogP) is 1.58. The highest BCUT2D eigenvalue weighted by atomic mass is 35.5. The van der Waals surface area contributed by atoms with Crippen LogP contribution < -0.4 is 0 Å². The van der Waals surface area contributed by atoms with Crippen LogP contribution in [-0.2, 0) is 4.74 Å². The molecule has 0 fully saturated rings. The van der Waals surface area contributed by atoms with Crippen LogP contribution in [0.1, 0.15) is 0 Å². The van der Waals surface area contributed by atoms with Crippen LogP contribution in [0.5, 0.6) is 0 Å². The number of carbonyl (C=O) groups excluding carboxylic acids is 1. The van der Waals surface area contributed by atoms with Gasteiger partial charge in [0.2, 0.25) is 0 Å². The molecule has 0 spiro atoms. The zero-order valence-electron chi connectivity index (χ0n) is 3.03. The summed E-state index contributed by atoms with van der Waals surface area (Å²) >= 11 is 4.33. The predicted molar refractivity (Wildman–Crippen MR) is 18.3 cm³/mol. The van der Waals surface area contributed by atoms with Crippen LogP contribution in [0, 0.1) is 0 Å². The molecule has 0 aliphatic rings. The number of ether oxygens (including phenoxy) is 1. The van der Waals surface area contributed by atoms with Crippen molar-refractivity contribution in [1.82, 2.24) is 0 Å². The minimum atomic E-state index is -3.11. The van der Waals surface area contributed by atoms with Crippen LogP contribution in [0.15, 0.2) is 0 Å². The lowest BCUT2D eigenvalue weighted by Crippen LogP contribution is -1.99. The minimum Gasteiger partial charge on any atom is -0.391 e. The van der Waals surface area contributed by atoms with Crippen molar-refractivity contribution < 1.29 is 18.3 Å². The Labute approximate surface area is 43.0 Å². The van der Waals surface area contributed by atoms with Crippen molar-refractivity contribution in [2.45, 2.75) is 6.61 Å². The molecular formula is C2HClF2O2. The van der Waals surface area contributed by atoms with E-state index in [1.54, 1.807) is 0 Å². The molecule has 5 heteroatoms. The van der Waals surface area contributed by atoms with Gasteiger partial charge < -0.3 is 4.74 Å². The molecule has 0 unspecified atom stereocenters. The number of alkyl halides is 2. The van der Waals surface area contributed by atoms with Gasteiger partial charge in [-0.25, -0.2) is 4.79 Å². The highest BCUT2D eigenvalue weighted by Gasteiger charge is 2.04. The topological polar surface area (TPSA) is 26.3 Å². The third-order valence-electron chi connectivity index (χ3n) is 0.182. The largest absolute Gasteiger partial charge is 0.408 e. The molecule has 0 aromatic carbocycles. The summed E-state index contributed by atoms with van der Waals surface area (Å²) in [6.45, 7) is -3.11. The summed E-state index contributed by atoms with van der Waals surface area (Å²) in [6, 6.07) is 0. The molecule has 0 atom stereocenters. The summed E-state index contributed by atoms with van der Waals surface area (Å²) in [5.74, 6) is 0. The summed E-state index contributed by atoms with van der Waals surface area (Å²) in [6.07, 6.45) is 0. The quantitative estimate of drug-likeness (QED) is 0.504. The standard InChI is InChI=1S/C2HClF2O2/c3-1(6)7-2(4)5/h2H. The number of carbonyl (C=O) groups is 1. The fourth-order valence-corrected chi connectivity index (χ4v) is 0.137. The van der Waals surface area contributed by atoms with Gasteiger partial charge in [-0.1, -0.05) is 0 Å². The van der Waals surface area contributed by atoms with Crippen LogP contribution in [-0.4, -0.2) is 12.0 Å². The summed E-state index contributed by atoms with van der Waals surface area (Å²) in [5, 5.41) is 0. The van der Waals surface area contributed by atoms with Crippen LogP contribution in [0.4, 0.5) is 13.6 Å². The molecule has 0 radical (unpaired) electrons. The second kappa shape index (κ2) is 2.74. The van der Waals surface area contributed by atoms with E-state index in [0.29, 0.717) is 0 Å². The number of hydrogen-bond donors (Lipinski definition) is 0. The molecule has 42 valence electrons. The van der Waals surface area contributed by atoms with Crippen LogP contribution in [0.25, 0.3) is 0 Å². The lowest BCUT2D eigenvalue weighted by molar-refractivity contribution is -0.0725. The Morgan fingerprint density at radius 2 is 2.14 bits per heavy atom. The summed E-state index contributed by atoms with van der Waals surface area (Å²) in [7, 11) is 0. The molecule has 0 aromatic heterocycles. The second-order valence-electron chi connectivity index (χ2n) is 0.616. The van der Waals surface area contributed by atoms with E-state index in [1.165, 1.54) is 0 Å². The molecule has 2 nitrogen and oxygen atoms in total. The van der Waals surface area contributed by atoms with Crippen molar-refractivity contribution in [2.75, 3.05) is 0 Å². The summed E-state index contributed by atoms with van der Waals surface area (Å²) < 4.78 is 24.6. The lowest BCUT2D eigenvalue weighted by Gasteiger charge is -1.91. The molecule has 0 aliphatic heterocycles. The third-order valence-corrected chi connectivity index (χ3v) is 0.271. The molecule has 0 N–H and O–H groups in total. The summed E-state index contributed by atoms with van der Waals surface area (Å²) in [4.78, 5) is 9.32. The Morgan fingerprint density at radius 3 is 2.14 bits per heavy atom. The van der Waals surface area contributed by atoms with Gasteiger partial charge in [-0.2, -0.15) is 8.78 Å². The highest BCUT2D eigenvalue weighted by molar-refractivity contribution is 6.61. The van der Waals surface area contributed by atoms with Gasteiger partial charge in [0.1, 0.15) is 0 Å². The van der Waals surface area contributed by atoms with Crippen LogP contribution in [0.2, 0.25) is 0 Å². The van der Waals surface area contributed by atoms with E-state index >= 15 is 0 Å². The molecule has 0 saturated heterocycles. The molecule has 7 heavy (non-hydrogen) atoms. The smallest absolute Gasteiger partial charge is 0.391 e. The number of rotatable bonds is 1.